The summed E-state index contributed by atoms with van der Waals surface area (Å²) in [5.41, 5.74) is 1.85. The lowest BCUT2D eigenvalue weighted by molar-refractivity contribution is 0.184. The van der Waals surface area contributed by atoms with Crippen molar-refractivity contribution in [3.05, 3.63) is 46.9 Å². The van der Waals surface area contributed by atoms with Gasteiger partial charge in [0.2, 0.25) is 5.88 Å². The Labute approximate surface area is 123 Å². The van der Waals surface area contributed by atoms with E-state index in [-0.39, 0.29) is 5.92 Å². The van der Waals surface area contributed by atoms with E-state index in [0.717, 1.165) is 11.1 Å². The molecule has 0 fully saturated rings. The zero-order valence-electron chi connectivity index (χ0n) is 11.8. The van der Waals surface area contributed by atoms with Crippen molar-refractivity contribution in [2.24, 2.45) is 0 Å². The summed E-state index contributed by atoms with van der Waals surface area (Å²) in [6.07, 6.45) is 1.41. The van der Waals surface area contributed by atoms with Crippen molar-refractivity contribution >= 4 is 11.6 Å². The van der Waals surface area contributed by atoms with Crippen LogP contribution in [-0.4, -0.2) is 17.1 Å². The maximum absolute atomic E-state index is 6.12. The molecule has 0 saturated heterocycles. The van der Waals surface area contributed by atoms with Gasteiger partial charge in [-0.1, -0.05) is 37.6 Å². The lowest BCUT2D eigenvalue weighted by Gasteiger charge is -2.13. The normalized spacial score (nSPS) is 10.8. The van der Waals surface area contributed by atoms with Crippen LogP contribution >= 0.6 is 11.6 Å². The first-order valence-electron chi connectivity index (χ1n) is 6.38. The highest BCUT2D eigenvalue weighted by Crippen LogP contribution is 2.32. The Morgan fingerprint density at radius 2 is 2.05 bits per heavy atom. The molecular formula is C15H17ClN2O2. The summed E-state index contributed by atoms with van der Waals surface area (Å²) in [6.45, 7) is 4.59. The molecule has 106 valence electrons. The van der Waals surface area contributed by atoms with Gasteiger partial charge in [0.15, 0.2) is 0 Å². The first-order chi connectivity index (χ1) is 9.61. The monoisotopic (exact) mass is 292 g/mol. The quantitative estimate of drug-likeness (QED) is 0.775. The van der Waals surface area contributed by atoms with Crippen molar-refractivity contribution in [2.75, 3.05) is 7.11 Å². The molecule has 5 heteroatoms. The minimum Gasteiger partial charge on any atom is -0.439 e. The summed E-state index contributed by atoms with van der Waals surface area (Å²) in [7, 11) is 1.66. The fourth-order valence-corrected chi connectivity index (χ4v) is 2.25. The fourth-order valence-electron chi connectivity index (χ4n) is 1.90. The summed E-state index contributed by atoms with van der Waals surface area (Å²) >= 11 is 6.12. The minimum atomic E-state index is 0.181. The van der Waals surface area contributed by atoms with Crippen molar-refractivity contribution in [1.29, 1.82) is 0 Å². The third-order valence-corrected chi connectivity index (χ3v) is 3.10. The van der Waals surface area contributed by atoms with Crippen LogP contribution in [0, 0.1) is 0 Å². The third-order valence-electron chi connectivity index (χ3n) is 2.80. The summed E-state index contributed by atoms with van der Waals surface area (Å²) in [4.78, 5) is 8.19. The molecule has 2 aromatic rings. The van der Waals surface area contributed by atoms with Crippen molar-refractivity contribution < 1.29 is 9.47 Å². The predicted octanol–water partition coefficient (Wildman–Crippen LogP) is 4.19. The average Bonchev–Trinajstić information content (AvgIpc) is 2.39. The maximum Gasteiger partial charge on any atom is 0.227 e. The molecule has 0 amide bonds. The van der Waals surface area contributed by atoms with Crippen LogP contribution in [0.2, 0.25) is 5.15 Å². The van der Waals surface area contributed by atoms with E-state index >= 15 is 0 Å². The smallest absolute Gasteiger partial charge is 0.227 e. The summed E-state index contributed by atoms with van der Waals surface area (Å²) in [6, 6.07) is 7.69. The molecule has 4 nitrogen and oxygen atoms in total. The molecule has 1 heterocycles. The van der Waals surface area contributed by atoms with Crippen molar-refractivity contribution in [1.82, 2.24) is 9.97 Å². The van der Waals surface area contributed by atoms with E-state index < -0.39 is 0 Å². The standard InChI is InChI=1S/C15H17ClN2O2/c1-10(2)13-14(16)17-9-18-15(13)20-12-6-4-5-11(7-12)8-19-3/h4-7,9-10H,8H2,1-3H3. The van der Waals surface area contributed by atoms with Crippen LogP contribution in [0.4, 0.5) is 0 Å². The summed E-state index contributed by atoms with van der Waals surface area (Å²) in [5, 5.41) is 0.429. The molecule has 1 aromatic carbocycles. The van der Waals surface area contributed by atoms with Crippen LogP contribution in [0.25, 0.3) is 0 Å². The molecule has 0 aliphatic carbocycles. The summed E-state index contributed by atoms with van der Waals surface area (Å²) in [5.74, 6) is 1.38. The molecule has 0 bridgehead atoms. The predicted molar refractivity (Wildman–Crippen MR) is 78.4 cm³/mol. The van der Waals surface area contributed by atoms with Gasteiger partial charge in [0.1, 0.15) is 17.2 Å². The molecule has 0 radical (unpaired) electrons. The lowest BCUT2D eigenvalue weighted by atomic mass is 10.1. The molecular weight excluding hydrogens is 276 g/mol. The van der Waals surface area contributed by atoms with E-state index in [1.165, 1.54) is 6.33 Å². The number of methoxy groups -OCH3 is 1. The van der Waals surface area contributed by atoms with Crippen molar-refractivity contribution in [2.45, 2.75) is 26.4 Å². The van der Waals surface area contributed by atoms with Gasteiger partial charge in [0.25, 0.3) is 0 Å². The second-order valence-electron chi connectivity index (χ2n) is 4.72. The van der Waals surface area contributed by atoms with Gasteiger partial charge < -0.3 is 9.47 Å². The molecule has 0 spiro atoms. The van der Waals surface area contributed by atoms with Gasteiger partial charge in [-0.05, 0) is 23.6 Å². The molecule has 0 atom stereocenters. The zero-order valence-corrected chi connectivity index (χ0v) is 12.5. The van der Waals surface area contributed by atoms with Crippen molar-refractivity contribution in [3.63, 3.8) is 0 Å². The Bertz CT molecular complexity index is 588. The first-order valence-corrected chi connectivity index (χ1v) is 6.75. The molecule has 20 heavy (non-hydrogen) atoms. The van der Waals surface area contributed by atoms with Gasteiger partial charge in [0.05, 0.1) is 12.2 Å². The Balaban J connectivity index is 2.30. The number of halogens is 1. The van der Waals surface area contributed by atoms with Crippen LogP contribution in [0.5, 0.6) is 11.6 Å². The number of rotatable bonds is 5. The van der Waals surface area contributed by atoms with E-state index in [0.29, 0.717) is 23.4 Å². The Kier molecular flexibility index (Phi) is 4.93. The fraction of sp³-hybridized carbons (Fsp3) is 0.333. The van der Waals surface area contributed by atoms with Gasteiger partial charge in [-0.25, -0.2) is 9.97 Å². The molecule has 0 unspecified atom stereocenters. The minimum absolute atomic E-state index is 0.181. The number of ether oxygens (including phenoxy) is 2. The zero-order chi connectivity index (χ0) is 14.5. The van der Waals surface area contributed by atoms with Crippen LogP contribution in [-0.2, 0) is 11.3 Å². The highest BCUT2D eigenvalue weighted by molar-refractivity contribution is 6.30. The van der Waals surface area contributed by atoms with E-state index in [4.69, 9.17) is 21.1 Å². The molecule has 0 N–H and O–H groups in total. The Morgan fingerprint density at radius 3 is 2.75 bits per heavy atom. The van der Waals surface area contributed by atoms with Crippen LogP contribution in [0.3, 0.4) is 0 Å². The van der Waals surface area contributed by atoms with Crippen LogP contribution in [0.15, 0.2) is 30.6 Å². The van der Waals surface area contributed by atoms with Gasteiger partial charge in [-0.2, -0.15) is 0 Å². The number of aromatic nitrogens is 2. The number of nitrogens with zero attached hydrogens (tertiary/aromatic N) is 2. The topological polar surface area (TPSA) is 44.2 Å². The van der Waals surface area contributed by atoms with Gasteiger partial charge in [0, 0.05) is 7.11 Å². The summed E-state index contributed by atoms with van der Waals surface area (Å²) < 4.78 is 11.0. The van der Waals surface area contributed by atoms with E-state index in [1.54, 1.807) is 7.11 Å². The molecule has 2 rings (SSSR count). The molecule has 0 aliphatic heterocycles. The van der Waals surface area contributed by atoms with Crippen LogP contribution < -0.4 is 4.74 Å². The first kappa shape index (κ1) is 14.8. The molecule has 0 aliphatic rings. The van der Waals surface area contributed by atoms with E-state index in [1.807, 2.05) is 38.1 Å². The van der Waals surface area contributed by atoms with Crippen molar-refractivity contribution in [3.8, 4) is 11.6 Å². The number of hydrogen-bond acceptors (Lipinski definition) is 4. The SMILES string of the molecule is COCc1cccc(Oc2ncnc(Cl)c2C(C)C)c1. The highest BCUT2D eigenvalue weighted by atomic mass is 35.5. The lowest BCUT2D eigenvalue weighted by Crippen LogP contribution is -2.00. The second-order valence-corrected chi connectivity index (χ2v) is 5.08. The second kappa shape index (κ2) is 6.68. The Morgan fingerprint density at radius 1 is 1.25 bits per heavy atom. The molecule has 0 saturated carbocycles. The highest BCUT2D eigenvalue weighted by Gasteiger charge is 2.15. The third kappa shape index (κ3) is 3.46. The largest absolute Gasteiger partial charge is 0.439 e. The van der Waals surface area contributed by atoms with Gasteiger partial charge in [-0.3, -0.25) is 0 Å². The maximum atomic E-state index is 6.12. The number of hydrogen-bond donors (Lipinski definition) is 0. The Hall–Kier alpha value is -1.65. The van der Waals surface area contributed by atoms with Gasteiger partial charge >= 0.3 is 0 Å². The van der Waals surface area contributed by atoms with Crippen LogP contribution in [0.1, 0.15) is 30.9 Å². The van der Waals surface area contributed by atoms with E-state index in [2.05, 4.69) is 9.97 Å². The van der Waals surface area contributed by atoms with Gasteiger partial charge in [-0.15, -0.1) is 0 Å². The van der Waals surface area contributed by atoms with E-state index in [9.17, 15) is 0 Å². The number of benzene rings is 1. The molecule has 1 aromatic heterocycles. The average molecular weight is 293 g/mol.